The second-order valence-corrected chi connectivity index (χ2v) is 9.39. The Morgan fingerprint density at radius 1 is 1.32 bits per heavy atom. The largest absolute Gasteiger partial charge is 0.300 e. The van der Waals surface area contributed by atoms with Crippen molar-refractivity contribution in [3.63, 3.8) is 0 Å². The number of hydrogen-bond donors (Lipinski definition) is 0. The van der Waals surface area contributed by atoms with Gasteiger partial charge in [0.2, 0.25) is 0 Å². The zero-order chi connectivity index (χ0) is 18.8. The first-order valence-corrected chi connectivity index (χ1v) is 10.4. The predicted octanol–water partition coefficient (Wildman–Crippen LogP) is 6.14. The van der Waals surface area contributed by atoms with Gasteiger partial charge in [-0.25, -0.2) is 0 Å². The summed E-state index contributed by atoms with van der Waals surface area (Å²) in [4.78, 5) is 24.1. The molecule has 25 heavy (non-hydrogen) atoms. The fraction of sp³-hybridized carbons (Fsp3) is 0.826. The summed E-state index contributed by atoms with van der Waals surface area (Å²) in [5.41, 5.74) is 1.66. The molecule has 0 aromatic rings. The lowest BCUT2D eigenvalue weighted by atomic mass is 9.61. The minimum atomic E-state index is 0.147. The zero-order valence-corrected chi connectivity index (χ0v) is 17.3. The normalized spacial score (nSPS) is 37.0. The summed E-state index contributed by atoms with van der Waals surface area (Å²) in [5, 5.41) is 0. The van der Waals surface area contributed by atoms with Crippen molar-refractivity contribution in [3.8, 4) is 0 Å². The summed E-state index contributed by atoms with van der Waals surface area (Å²) < 4.78 is 0. The van der Waals surface area contributed by atoms with E-state index in [-0.39, 0.29) is 16.7 Å². The molecule has 0 N–H and O–H groups in total. The van der Waals surface area contributed by atoms with Gasteiger partial charge >= 0.3 is 0 Å². The molecule has 0 spiro atoms. The molecule has 1 saturated carbocycles. The van der Waals surface area contributed by atoms with Gasteiger partial charge in [0.15, 0.2) is 5.78 Å². The van der Waals surface area contributed by atoms with Crippen LogP contribution in [0.25, 0.3) is 0 Å². The summed E-state index contributed by atoms with van der Waals surface area (Å²) in [7, 11) is 0. The van der Waals surface area contributed by atoms with Gasteiger partial charge in [-0.05, 0) is 74.2 Å². The summed E-state index contributed by atoms with van der Waals surface area (Å²) >= 11 is 0. The number of carbonyl (C=O) groups is 2. The van der Waals surface area contributed by atoms with Crippen LogP contribution in [-0.4, -0.2) is 11.6 Å². The monoisotopic (exact) mass is 346 g/mol. The lowest BCUT2D eigenvalue weighted by Crippen LogP contribution is -2.35. The topological polar surface area (TPSA) is 34.1 Å². The van der Waals surface area contributed by atoms with Crippen molar-refractivity contribution in [3.05, 3.63) is 11.6 Å². The van der Waals surface area contributed by atoms with Crippen LogP contribution < -0.4 is 0 Å². The van der Waals surface area contributed by atoms with Crippen LogP contribution in [-0.2, 0) is 9.59 Å². The third-order valence-electron chi connectivity index (χ3n) is 7.98. The molecule has 0 aromatic heterocycles. The minimum absolute atomic E-state index is 0.147. The number of carbonyl (C=O) groups excluding carboxylic acids is 2. The molecule has 2 nitrogen and oxygen atoms in total. The minimum Gasteiger partial charge on any atom is -0.300 e. The maximum atomic E-state index is 12.1. The molecule has 142 valence electrons. The molecule has 2 aliphatic carbocycles. The second-order valence-electron chi connectivity index (χ2n) is 9.39. The van der Waals surface area contributed by atoms with E-state index in [9.17, 15) is 9.59 Å². The van der Waals surface area contributed by atoms with Crippen LogP contribution in [0.5, 0.6) is 0 Å². The lowest BCUT2D eigenvalue weighted by molar-refractivity contribution is -0.124. The molecule has 0 bridgehead atoms. The third kappa shape index (κ3) is 3.93. The van der Waals surface area contributed by atoms with Gasteiger partial charge in [0.05, 0.1) is 0 Å². The summed E-state index contributed by atoms with van der Waals surface area (Å²) in [6.45, 7) is 13.4. The van der Waals surface area contributed by atoms with E-state index in [4.69, 9.17) is 0 Å². The van der Waals surface area contributed by atoms with Crippen molar-refractivity contribution in [2.75, 3.05) is 0 Å². The van der Waals surface area contributed by atoms with Crippen LogP contribution in [0.4, 0.5) is 0 Å². The zero-order valence-electron chi connectivity index (χ0n) is 17.3. The van der Waals surface area contributed by atoms with Crippen LogP contribution in [0.1, 0.15) is 92.9 Å². The van der Waals surface area contributed by atoms with Crippen LogP contribution >= 0.6 is 0 Å². The second kappa shape index (κ2) is 7.76. The van der Waals surface area contributed by atoms with Crippen LogP contribution in [0.2, 0.25) is 0 Å². The molecule has 0 aliphatic heterocycles. The third-order valence-corrected chi connectivity index (χ3v) is 7.98. The Kier molecular flexibility index (Phi) is 6.33. The van der Waals surface area contributed by atoms with Crippen molar-refractivity contribution in [2.24, 2.45) is 28.6 Å². The Morgan fingerprint density at radius 2 is 2.00 bits per heavy atom. The maximum absolute atomic E-state index is 12.1. The van der Waals surface area contributed by atoms with Gasteiger partial charge in [0, 0.05) is 12.3 Å². The molecule has 0 heterocycles. The lowest BCUT2D eigenvalue weighted by Gasteiger charge is -2.43. The van der Waals surface area contributed by atoms with E-state index < -0.39 is 0 Å². The highest BCUT2D eigenvalue weighted by molar-refractivity contribution is 5.91. The van der Waals surface area contributed by atoms with Crippen molar-refractivity contribution in [1.82, 2.24) is 0 Å². The first-order chi connectivity index (χ1) is 11.6. The molecular weight excluding hydrogens is 308 g/mol. The molecule has 0 unspecified atom stereocenters. The van der Waals surface area contributed by atoms with Crippen LogP contribution in [0.15, 0.2) is 11.6 Å². The van der Waals surface area contributed by atoms with Crippen LogP contribution in [0, 0.1) is 28.6 Å². The van der Waals surface area contributed by atoms with E-state index in [0.29, 0.717) is 29.8 Å². The molecule has 2 rings (SSSR count). The van der Waals surface area contributed by atoms with Gasteiger partial charge in [-0.3, -0.25) is 9.59 Å². The maximum Gasteiger partial charge on any atom is 0.155 e. The SMILES string of the molecule is CCCC1=CC(=O)CC[C@]1(C)[C@H](C)CC[C@@]1(C)[C@H](C)CC[C@@H]1C(C)=O. The number of Topliss-reactive ketones (excluding diaryl/α,β-unsaturated/α-hetero) is 1. The molecule has 0 aromatic carbocycles. The van der Waals surface area contributed by atoms with E-state index in [1.165, 1.54) is 12.0 Å². The average molecular weight is 347 g/mol. The molecular formula is C23H38O2. The van der Waals surface area contributed by atoms with Gasteiger partial charge in [0.1, 0.15) is 5.78 Å². The first-order valence-electron chi connectivity index (χ1n) is 10.4. The van der Waals surface area contributed by atoms with Crippen molar-refractivity contribution in [1.29, 1.82) is 0 Å². The Bertz CT molecular complexity index is 546. The van der Waals surface area contributed by atoms with E-state index in [1.807, 2.05) is 6.08 Å². The fourth-order valence-electron chi connectivity index (χ4n) is 5.52. The van der Waals surface area contributed by atoms with Crippen molar-refractivity contribution in [2.45, 2.75) is 92.9 Å². The molecule has 5 atom stereocenters. The van der Waals surface area contributed by atoms with Gasteiger partial charge in [-0.1, -0.05) is 46.6 Å². The van der Waals surface area contributed by atoms with E-state index in [1.54, 1.807) is 6.92 Å². The molecule has 0 saturated heterocycles. The van der Waals surface area contributed by atoms with Gasteiger partial charge in [0.25, 0.3) is 0 Å². The smallest absolute Gasteiger partial charge is 0.155 e. The first kappa shape index (κ1) is 20.4. The quantitative estimate of drug-likeness (QED) is 0.555. The standard InChI is InChI=1S/C23H38O2/c1-7-8-19-15-20(25)12-14-22(19,5)17(3)11-13-23(6)16(2)9-10-21(23)18(4)24/h15-17,21H,7-14H2,1-6H3/t16-,17-,21-,22-,23+/m1/s1. The highest BCUT2D eigenvalue weighted by Crippen LogP contribution is 2.53. The van der Waals surface area contributed by atoms with E-state index in [2.05, 4.69) is 34.6 Å². The van der Waals surface area contributed by atoms with E-state index in [0.717, 1.165) is 38.5 Å². The molecule has 2 aliphatic rings. The molecule has 0 radical (unpaired) electrons. The fourth-order valence-corrected chi connectivity index (χ4v) is 5.52. The highest BCUT2D eigenvalue weighted by Gasteiger charge is 2.47. The van der Waals surface area contributed by atoms with Crippen molar-refractivity contribution >= 4 is 11.6 Å². The Balaban J connectivity index is 2.13. The van der Waals surface area contributed by atoms with Crippen molar-refractivity contribution < 1.29 is 9.59 Å². The highest BCUT2D eigenvalue weighted by atomic mass is 16.1. The predicted molar refractivity (Wildman–Crippen MR) is 104 cm³/mol. The Hall–Kier alpha value is -0.920. The Morgan fingerprint density at radius 3 is 2.60 bits per heavy atom. The number of ketones is 2. The average Bonchev–Trinajstić information content (AvgIpc) is 2.85. The van der Waals surface area contributed by atoms with E-state index >= 15 is 0 Å². The van der Waals surface area contributed by atoms with Gasteiger partial charge in [-0.2, -0.15) is 0 Å². The molecule has 2 heteroatoms. The van der Waals surface area contributed by atoms with Gasteiger partial charge < -0.3 is 0 Å². The summed E-state index contributed by atoms with van der Waals surface area (Å²) in [6, 6.07) is 0. The number of rotatable bonds is 7. The summed E-state index contributed by atoms with van der Waals surface area (Å²) in [5.74, 6) is 2.10. The van der Waals surface area contributed by atoms with Crippen LogP contribution in [0.3, 0.4) is 0 Å². The Labute approximate surface area is 154 Å². The molecule has 0 amide bonds. The molecule has 1 fully saturated rings. The summed E-state index contributed by atoms with van der Waals surface area (Å²) in [6.07, 6.45) is 10.3. The number of allylic oxidation sites excluding steroid dienone is 2. The number of hydrogen-bond acceptors (Lipinski definition) is 2. The van der Waals surface area contributed by atoms with Gasteiger partial charge in [-0.15, -0.1) is 0 Å².